The molecule has 120 valence electrons. The number of para-hydroxylation sites is 1. The van der Waals surface area contributed by atoms with E-state index < -0.39 is 0 Å². The summed E-state index contributed by atoms with van der Waals surface area (Å²) < 4.78 is 11.5. The van der Waals surface area contributed by atoms with Crippen LogP contribution in [0.3, 0.4) is 0 Å². The number of ether oxygens (including phenoxy) is 2. The lowest BCUT2D eigenvalue weighted by Gasteiger charge is -2.16. The van der Waals surface area contributed by atoms with Gasteiger partial charge in [-0.2, -0.15) is 0 Å². The smallest absolute Gasteiger partial charge is 0.126 e. The normalized spacial score (nSPS) is 11.4. The van der Waals surface area contributed by atoms with Crippen molar-refractivity contribution < 1.29 is 9.47 Å². The molecule has 0 amide bonds. The summed E-state index contributed by atoms with van der Waals surface area (Å²) in [7, 11) is 0. The molecule has 0 aliphatic heterocycles. The maximum atomic E-state index is 5.94. The van der Waals surface area contributed by atoms with Gasteiger partial charge < -0.3 is 14.8 Å². The lowest BCUT2D eigenvalue weighted by atomic mass is 10.1. The molecule has 1 aromatic rings. The molecule has 1 aromatic carbocycles. The first-order chi connectivity index (χ1) is 10.0. The fourth-order valence-electron chi connectivity index (χ4n) is 2.00. The molecule has 0 radical (unpaired) electrons. The fourth-order valence-corrected chi connectivity index (χ4v) is 2.00. The van der Waals surface area contributed by atoms with Crippen LogP contribution in [0.15, 0.2) is 18.2 Å². The quantitative estimate of drug-likeness (QED) is 0.663. The van der Waals surface area contributed by atoms with Crippen LogP contribution in [0.2, 0.25) is 0 Å². The number of hydrogen-bond donors (Lipinski definition) is 1. The molecule has 0 aliphatic carbocycles. The second-order valence-corrected chi connectivity index (χ2v) is 6.24. The van der Waals surface area contributed by atoms with E-state index in [0.29, 0.717) is 25.2 Å². The van der Waals surface area contributed by atoms with Crippen molar-refractivity contribution in [2.24, 2.45) is 5.92 Å². The molecule has 1 rings (SSSR count). The van der Waals surface area contributed by atoms with Crippen LogP contribution < -0.4 is 10.1 Å². The fraction of sp³-hybridized carbons (Fsp3) is 0.667. The summed E-state index contributed by atoms with van der Waals surface area (Å²) in [5.74, 6) is 1.69. The van der Waals surface area contributed by atoms with E-state index in [-0.39, 0.29) is 0 Å². The van der Waals surface area contributed by atoms with E-state index in [4.69, 9.17) is 9.47 Å². The standard InChI is InChI=1S/C18H31NO2/c1-14(2)9-10-20-11-12-21-18-16(5)7-6-8-17(18)13-19-15(3)4/h6-8,14-15,19H,9-13H2,1-5H3. The molecule has 0 atom stereocenters. The monoisotopic (exact) mass is 293 g/mol. The highest BCUT2D eigenvalue weighted by molar-refractivity contribution is 5.40. The molecule has 0 heterocycles. The zero-order valence-electron chi connectivity index (χ0n) is 14.2. The van der Waals surface area contributed by atoms with Crippen molar-refractivity contribution >= 4 is 0 Å². The van der Waals surface area contributed by atoms with Crippen LogP contribution in [-0.2, 0) is 11.3 Å². The number of rotatable bonds is 10. The van der Waals surface area contributed by atoms with Gasteiger partial charge in [0.25, 0.3) is 0 Å². The minimum absolute atomic E-state index is 0.470. The minimum atomic E-state index is 0.470. The van der Waals surface area contributed by atoms with Gasteiger partial charge in [0.05, 0.1) is 6.61 Å². The molecule has 0 aliphatic rings. The zero-order chi connectivity index (χ0) is 15.7. The number of nitrogens with one attached hydrogen (secondary N) is 1. The van der Waals surface area contributed by atoms with Crippen LogP contribution in [0.25, 0.3) is 0 Å². The minimum Gasteiger partial charge on any atom is -0.491 e. The van der Waals surface area contributed by atoms with E-state index in [0.717, 1.165) is 25.3 Å². The third-order valence-electron chi connectivity index (χ3n) is 3.31. The summed E-state index contributed by atoms with van der Waals surface area (Å²) in [5.41, 5.74) is 2.39. The van der Waals surface area contributed by atoms with Crippen molar-refractivity contribution in [3.8, 4) is 5.75 Å². The Morgan fingerprint density at radius 1 is 1.05 bits per heavy atom. The summed E-state index contributed by atoms with van der Waals surface area (Å²) in [6.07, 6.45) is 1.11. The number of hydrogen-bond acceptors (Lipinski definition) is 3. The highest BCUT2D eigenvalue weighted by atomic mass is 16.5. The third-order valence-corrected chi connectivity index (χ3v) is 3.31. The Kier molecular flexibility index (Phi) is 8.40. The van der Waals surface area contributed by atoms with Gasteiger partial charge in [-0.3, -0.25) is 0 Å². The van der Waals surface area contributed by atoms with Crippen LogP contribution in [0, 0.1) is 12.8 Å². The van der Waals surface area contributed by atoms with E-state index in [1.165, 1.54) is 11.1 Å². The molecule has 3 nitrogen and oxygen atoms in total. The van der Waals surface area contributed by atoms with E-state index in [1.54, 1.807) is 0 Å². The van der Waals surface area contributed by atoms with Crippen molar-refractivity contribution in [3.63, 3.8) is 0 Å². The Balaban J connectivity index is 2.42. The number of aryl methyl sites for hydroxylation is 1. The van der Waals surface area contributed by atoms with Gasteiger partial charge in [-0.15, -0.1) is 0 Å². The molecule has 1 N–H and O–H groups in total. The second kappa shape index (κ2) is 9.80. The summed E-state index contributed by atoms with van der Waals surface area (Å²) in [4.78, 5) is 0. The van der Waals surface area contributed by atoms with Crippen LogP contribution in [0.5, 0.6) is 5.75 Å². The van der Waals surface area contributed by atoms with Crippen molar-refractivity contribution in [1.82, 2.24) is 5.32 Å². The van der Waals surface area contributed by atoms with Gasteiger partial charge in [0.1, 0.15) is 12.4 Å². The van der Waals surface area contributed by atoms with Gasteiger partial charge in [-0.25, -0.2) is 0 Å². The largest absolute Gasteiger partial charge is 0.491 e. The first kappa shape index (κ1) is 18.0. The van der Waals surface area contributed by atoms with Gasteiger partial charge in [0.15, 0.2) is 0 Å². The van der Waals surface area contributed by atoms with Gasteiger partial charge >= 0.3 is 0 Å². The average molecular weight is 293 g/mol. The molecule has 0 bridgehead atoms. The second-order valence-electron chi connectivity index (χ2n) is 6.24. The molecule has 3 heteroatoms. The van der Waals surface area contributed by atoms with Crippen LogP contribution >= 0.6 is 0 Å². The van der Waals surface area contributed by atoms with Gasteiger partial charge in [0.2, 0.25) is 0 Å². The van der Waals surface area contributed by atoms with Crippen LogP contribution in [0.1, 0.15) is 45.2 Å². The summed E-state index contributed by atoms with van der Waals surface area (Å²) in [6.45, 7) is 13.7. The Hall–Kier alpha value is -1.06. The Bertz CT molecular complexity index is 402. The lowest BCUT2D eigenvalue weighted by Crippen LogP contribution is -2.22. The summed E-state index contributed by atoms with van der Waals surface area (Å²) in [5, 5.41) is 3.44. The molecule has 0 spiro atoms. The molecular weight excluding hydrogens is 262 g/mol. The maximum absolute atomic E-state index is 5.94. The van der Waals surface area contributed by atoms with Gasteiger partial charge in [-0.1, -0.05) is 45.9 Å². The van der Waals surface area contributed by atoms with E-state index in [2.05, 4.69) is 58.1 Å². The maximum Gasteiger partial charge on any atom is 0.126 e. The van der Waals surface area contributed by atoms with Crippen molar-refractivity contribution in [1.29, 1.82) is 0 Å². The van der Waals surface area contributed by atoms with Crippen LogP contribution in [-0.4, -0.2) is 25.9 Å². The van der Waals surface area contributed by atoms with Crippen LogP contribution in [0.4, 0.5) is 0 Å². The molecule has 0 saturated heterocycles. The Morgan fingerprint density at radius 3 is 2.48 bits per heavy atom. The van der Waals surface area contributed by atoms with Gasteiger partial charge in [0, 0.05) is 24.8 Å². The van der Waals surface area contributed by atoms with Gasteiger partial charge in [-0.05, 0) is 24.8 Å². The average Bonchev–Trinajstić information content (AvgIpc) is 2.41. The highest BCUT2D eigenvalue weighted by Crippen LogP contribution is 2.23. The third kappa shape index (κ3) is 7.49. The predicted molar refractivity (Wildman–Crippen MR) is 88.9 cm³/mol. The van der Waals surface area contributed by atoms with E-state index in [1.807, 2.05) is 0 Å². The molecule has 21 heavy (non-hydrogen) atoms. The first-order valence-corrected chi connectivity index (χ1v) is 8.03. The zero-order valence-corrected chi connectivity index (χ0v) is 14.2. The van der Waals surface area contributed by atoms with Crippen molar-refractivity contribution in [3.05, 3.63) is 29.3 Å². The molecule has 0 aromatic heterocycles. The molecular formula is C18H31NO2. The van der Waals surface area contributed by atoms with E-state index in [9.17, 15) is 0 Å². The molecule has 0 saturated carbocycles. The molecule has 0 fully saturated rings. The first-order valence-electron chi connectivity index (χ1n) is 8.03. The lowest BCUT2D eigenvalue weighted by molar-refractivity contribution is 0.0920. The Labute approximate surface area is 130 Å². The highest BCUT2D eigenvalue weighted by Gasteiger charge is 2.07. The van der Waals surface area contributed by atoms with Crippen molar-refractivity contribution in [2.75, 3.05) is 19.8 Å². The van der Waals surface area contributed by atoms with E-state index >= 15 is 0 Å². The predicted octanol–water partition coefficient (Wildman–Crippen LogP) is 3.93. The topological polar surface area (TPSA) is 30.5 Å². The number of benzene rings is 1. The molecule has 0 unspecified atom stereocenters. The summed E-state index contributed by atoms with van der Waals surface area (Å²) in [6, 6.07) is 6.77. The SMILES string of the molecule is Cc1cccc(CNC(C)C)c1OCCOCCC(C)C. The summed E-state index contributed by atoms with van der Waals surface area (Å²) >= 11 is 0. The van der Waals surface area contributed by atoms with Crippen molar-refractivity contribution in [2.45, 2.75) is 53.6 Å². The Morgan fingerprint density at radius 2 is 1.81 bits per heavy atom.